The summed E-state index contributed by atoms with van der Waals surface area (Å²) in [5, 5.41) is 21.8. The number of rotatable bonds is 3. The van der Waals surface area contributed by atoms with E-state index >= 15 is 0 Å². The maximum Gasteiger partial charge on any atom is 0.269 e. The predicted octanol–water partition coefficient (Wildman–Crippen LogP) is 2.45. The minimum Gasteiger partial charge on any atom is -0.618 e. The predicted molar refractivity (Wildman–Crippen MR) is 61.3 cm³/mol. The van der Waals surface area contributed by atoms with Crippen LogP contribution >= 0.6 is 0 Å². The van der Waals surface area contributed by atoms with Gasteiger partial charge in [-0.2, -0.15) is 4.74 Å². The summed E-state index contributed by atoms with van der Waals surface area (Å²) in [6.45, 7) is 3.46. The van der Waals surface area contributed by atoms with Gasteiger partial charge in [0, 0.05) is 24.6 Å². The van der Waals surface area contributed by atoms with Crippen molar-refractivity contribution in [1.29, 1.82) is 0 Å². The van der Waals surface area contributed by atoms with Crippen molar-refractivity contribution in [2.24, 2.45) is 0 Å². The van der Waals surface area contributed by atoms with Crippen LogP contribution in [0.3, 0.4) is 0 Å². The number of hydroxylamine groups is 1. The summed E-state index contributed by atoms with van der Waals surface area (Å²) in [4.78, 5) is 9.93. The number of hydrogen-bond donors (Lipinski definition) is 0. The fourth-order valence-electron chi connectivity index (χ4n) is 1.05. The Morgan fingerprint density at radius 3 is 2.25 bits per heavy atom. The molecule has 16 heavy (non-hydrogen) atoms. The molecule has 0 fully saturated rings. The van der Waals surface area contributed by atoms with Gasteiger partial charge >= 0.3 is 0 Å². The van der Waals surface area contributed by atoms with Gasteiger partial charge in [0.25, 0.3) is 5.69 Å². The van der Waals surface area contributed by atoms with E-state index in [1.165, 1.54) is 30.5 Å². The van der Waals surface area contributed by atoms with Crippen molar-refractivity contribution in [3.63, 3.8) is 0 Å². The lowest BCUT2D eigenvalue weighted by molar-refractivity contribution is -0.395. The molecule has 0 saturated heterocycles. The summed E-state index contributed by atoms with van der Waals surface area (Å²) in [6.07, 6.45) is 3.06. The van der Waals surface area contributed by atoms with Crippen molar-refractivity contribution in [3.8, 4) is 0 Å². The lowest BCUT2D eigenvalue weighted by Gasteiger charge is -2.01. The number of benzene rings is 1. The Labute approximate surface area is 93.1 Å². The van der Waals surface area contributed by atoms with Crippen molar-refractivity contribution < 1.29 is 9.66 Å². The number of allylic oxidation sites excluding steroid dienone is 2. The van der Waals surface area contributed by atoms with Crippen LogP contribution in [0.2, 0.25) is 0 Å². The average molecular weight is 220 g/mol. The van der Waals surface area contributed by atoms with E-state index in [0.29, 0.717) is 11.3 Å². The van der Waals surface area contributed by atoms with E-state index in [9.17, 15) is 15.3 Å². The molecule has 5 heteroatoms. The molecule has 0 aliphatic rings. The molecule has 0 heterocycles. The Hall–Kier alpha value is -2.17. The van der Waals surface area contributed by atoms with E-state index in [1.807, 2.05) is 0 Å². The summed E-state index contributed by atoms with van der Waals surface area (Å²) in [5.41, 5.74) is 1.21. The molecular weight excluding hydrogens is 208 g/mol. The summed E-state index contributed by atoms with van der Waals surface area (Å²) < 4.78 is 0.723. The van der Waals surface area contributed by atoms with Crippen LogP contribution < -0.4 is 0 Å². The molecule has 0 unspecified atom stereocenters. The maximum atomic E-state index is 11.4. The lowest BCUT2D eigenvalue weighted by atomic mass is 10.2. The molecule has 0 saturated carbocycles. The zero-order valence-corrected chi connectivity index (χ0v) is 9.08. The fourth-order valence-corrected chi connectivity index (χ4v) is 1.05. The quantitative estimate of drug-likeness (QED) is 0.258. The molecule has 1 aromatic rings. The highest BCUT2D eigenvalue weighted by molar-refractivity contribution is 5.76. The van der Waals surface area contributed by atoms with Crippen molar-refractivity contribution in [2.75, 3.05) is 0 Å². The first-order valence-corrected chi connectivity index (χ1v) is 4.73. The zero-order valence-electron chi connectivity index (χ0n) is 9.08. The summed E-state index contributed by atoms with van der Waals surface area (Å²) in [6, 6.07) is 5.80. The molecule has 0 atom stereocenters. The van der Waals surface area contributed by atoms with E-state index in [1.54, 1.807) is 19.9 Å². The van der Waals surface area contributed by atoms with Crippen LogP contribution in [0, 0.1) is 15.3 Å². The van der Waals surface area contributed by atoms with Crippen molar-refractivity contribution in [1.82, 2.24) is 0 Å². The van der Waals surface area contributed by atoms with Crippen LogP contribution in [-0.2, 0) is 0 Å². The summed E-state index contributed by atoms with van der Waals surface area (Å²) >= 11 is 0. The Bertz CT molecular complexity index is 447. The van der Waals surface area contributed by atoms with Gasteiger partial charge in [0.05, 0.1) is 4.92 Å². The SMILES string of the molecule is C/C=C(C)/[N+]([O-])=C/c1ccc([N+](=O)[O-])cc1. The molecule has 5 nitrogen and oxygen atoms in total. The standard InChI is InChI=1S/C11H12N2O3/c1-3-9(2)12(14)8-10-4-6-11(7-5-10)13(15)16/h3-8H,1-2H3/b9-3+,12-8-. The fraction of sp³-hybridized carbons (Fsp3) is 0.182. The van der Waals surface area contributed by atoms with Gasteiger partial charge in [0.1, 0.15) is 0 Å². The summed E-state index contributed by atoms with van der Waals surface area (Å²) in [5.74, 6) is 0. The molecular formula is C11H12N2O3. The Morgan fingerprint density at radius 1 is 1.25 bits per heavy atom. The second-order valence-electron chi connectivity index (χ2n) is 3.23. The number of hydrogen-bond acceptors (Lipinski definition) is 3. The zero-order chi connectivity index (χ0) is 12.1. The van der Waals surface area contributed by atoms with E-state index in [0.717, 1.165) is 4.74 Å². The molecule has 1 rings (SSSR count). The van der Waals surface area contributed by atoms with E-state index in [2.05, 4.69) is 0 Å². The topological polar surface area (TPSA) is 69.2 Å². The number of nitro groups is 1. The largest absolute Gasteiger partial charge is 0.618 e. The number of nitrogens with zero attached hydrogens (tertiary/aromatic N) is 2. The first-order valence-electron chi connectivity index (χ1n) is 4.73. The lowest BCUT2D eigenvalue weighted by Crippen LogP contribution is -2.02. The molecule has 0 aromatic heterocycles. The van der Waals surface area contributed by atoms with Gasteiger partial charge in [-0.3, -0.25) is 10.1 Å². The first kappa shape index (κ1) is 11.9. The van der Waals surface area contributed by atoms with Gasteiger partial charge in [-0.15, -0.1) is 0 Å². The van der Waals surface area contributed by atoms with E-state index in [-0.39, 0.29) is 5.69 Å². The Kier molecular flexibility index (Phi) is 3.77. The van der Waals surface area contributed by atoms with Crippen LogP contribution in [0.5, 0.6) is 0 Å². The van der Waals surface area contributed by atoms with Crippen molar-refractivity contribution in [3.05, 3.63) is 56.9 Å². The van der Waals surface area contributed by atoms with Gasteiger partial charge < -0.3 is 5.21 Å². The number of non-ortho nitro benzene ring substituents is 1. The van der Waals surface area contributed by atoms with Crippen LogP contribution in [0.25, 0.3) is 0 Å². The third-order valence-electron chi connectivity index (χ3n) is 2.14. The Morgan fingerprint density at radius 2 is 1.81 bits per heavy atom. The van der Waals surface area contributed by atoms with Crippen LogP contribution in [0.15, 0.2) is 36.0 Å². The molecule has 0 aliphatic carbocycles. The van der Waals surface area contributed by atoms with Crippen molar-refractivity contribution in [2.45, 2.75) is 13.8 Å². The first-order chi connectivity index (χ1) is 7.54. The highest BCUT2D eigenvalue weighted by Crippen LogP contribution is 2.10. The van der Waals surface area contributed by atoms with Crippen LogP contribution in [0.1, 0.15) is 19.4 Å². The van der Waals surface area contributed by atoms with Crippen LogP contribution in [0.4, 0.5) is 5.69 Å². The van der Waals surface area contributed by atoms with Gasteiger partial charge in [-0.25, -0.2) is 0 Å². The molecule has 0 aliphatic heterocycles. The second-order valence-corrected chi connectivity index (χ2v) is 3.23. The van der Waals surface area contributed by atoms with Crippen molar-refractivity contribution >= 4 is 11.9 Å². The monoisotopic (exact) mass is 220 g/mol. The van der Waals surface area contributed by atoms with Crippen LogP contribution in [-0.4, -0.2) is 15.9 Å². The molecule has 1 aromatic carbocycles. The molecule has 0 N–H and O–H groups in total. The molecule has 84 valence electrons. The van der Waals surface area contributed by atoms with Gasteiger partial charge in [0.15, 0.2) is 11.9 Å². The molecule has 0 bridgehead atoms. The smallest absolute Gasteiger partial charge is 0.269 e. The molecule has 0 spiro atoms. The van der Waals surface area contributed by atoms with E-state index < -0.39 is 4.92 Å². The van der Waals surface area contributed by atoms with E-state index in [4.69, 9.17) is 0 Å². The normalized spacial score (nSPS) is 12.6. The minimum atomic E-state index is -0.476. The third kappa shape index (κ3) is 2.91. The van der Waals surface area contributed by atoms with Gasteiger partial charge in [-0.05, 0) is 25.1 Å². The van der Waals surface area contributed by atoms with Gasteiger partial charge in [0.2, 0.25) is 0 Å². The third-order valence-corrected chi connectivity index (χ3v) is 2.14. The highest BCUT2D eigenvalue weighted by Gasteiger charge is 2.04. The second kappa shape index (κ2) is 5.06. The average Bonchev–Trinajstić information content (AvgIpc) is 2.28. The highest BCUT2D eigenvalue weighted by atomic mass is 16.6. The Balaban J connectivity index is 2.95. The maximum absolute atomic E-state index is 11.4. The number of nitro benzene ring substituents is 1. The molecule has 0 radical (unpaired) electrons. The summed E-state index contributed by atoms with van der Waals surface area (Å²) in [7, 11) is 0. The molecule has 0 amide bonds. The minimum absolute atomic E-state index is 0.0114. The van der Waals surface area contributed by atoms with Gasteiger partial charge in [-0.1, -0.05) is 0 Å².